The monoisotopic (exact) mass is 524 g/mol. The molecule has 0 bridgehead atoms. The molecule has 0 N–H and O–H groups in total. The van der Waals surface area contributed by atoms with Gasteiger partial charge in [0.05, 0.1) is 18.9 Å². The quantitative estimate of drug-likeness (QED) is 0.136. The minimum Gasteiger partial charge on any atom is -0.468 e. The van der Waals surface area contributed by atoms with Crippen molar-refractivity contribution in [3.05, 3.63) is 11.8 Å². The number of methoxy groups -OCH3 is 1. The number of hydrogen-bond acceptors (Lipinski definition) is 12. The lowest BCUT2D eigenvalue weighted by Gasteiger charge is -2.43. The van der Waals surface area contributed by atoms with E-state index in [0.717, 1.165) is 34.0 Å². The first-order valence-corrected chi connectivity index (χ1v) is 10.4. The summed E-state index contributed by atoms with van der Waals surface area (Å²) in [6, 6.07) is 0. The van der Waals surface area contributed by atoms with E-state index in [-0.39, 0.29) is 10.9 Å². The third-order valence-electron chi connectivity index (χ3n) is 3.88. The smallest absolute Gasteiger partial charge is 0.337 e. The van der Waals surface area contributed by atoms with Gasteiger partial charge in [0.15, 0.2) is 12.2 Å². The Morgan fingerprint density at radius 3 is 1.84 bits per heavy atom. The van der Waals surface area contributed by atoms with Crippen LogP contribution in [0.4, 0.5) is 0 Å². The average molecular weight is 525 g/mol. The van der Waals surface area contributed by atoms with Crippen LogP contribution < -0.4 is 0 Å². The van der Waals surface area contributed by atoms with Gasteiger partial charge in [-0.2, -0.15) is 0 Å². The molecule has 0 radical (unpaired) electrons. The van der Waals surface area contributed by atoms with Crippen molar-refractivity contribution in [1.82, 2.24) is 0 Å². The molecule has 5 atom stereocenters. The maximum Gasteiger partial charge on any atom is 0.337 e. The summed E-state index contributed by atoms with van der Waals surface area (Å²) in [5.41, 5.74) is 0.0559. The lowest BCUT2D eigenvalue weighted by Crippen LogP contribution is -2.62. The Morgan fingerprint density at radius 2 is 1.38 bits per heavy atom. The number of esters is 5. The topological polar surface area (TPSA) is 150 Å². The van der Waals surface area contributed by atoms with Crippen molar-refractivity contribution in [2.24, 2.45) is 0 Å². The van der Waals surface area contributed by atoms with E-state index >= 15 is 0 Å². The molecule has 0 saturated carbocycles. The van der Waals surface area contributed by atoms with Gasteiger partial charge in [-0.3, -0.25) is 19.2 Å². The average Bonchev–Trinajstić information content (AvgIpc) is 2.69. The Morgan fingerprint density at radius 1 is 0.844 bits per heavy atom. The summed E-state index contributed by atoms with van der Waals surface area (Å²) in [6.45, 7) is 4.07. The number of carbonyl (C=O) groups is 5. The van der Waals surface area contributed by atoms with Gasteiger partial charge in [-0.25, -0.2) is 4.79 Å². The highest BCUT2D eigenvalue weighted by molar-refractivity contribution is 9.09. The fourth-order valence-electron chi connectivity index (χ4n) is 2.71. The Kier molecular flexibility index (Phi) is 11.1. The summed E-state index contributed by atoms with van der Waals surface area (Å²) in [6.07, 6.45) is -5.67. The van der Waals surface area contributed by atoms with E-state index in [9.17, 15) is 24.0 Å². The number of ether oxygens (including phenoxy) is 7. The molecule has 0 aromatic heterocycles. The van der Waals surface area contributed by atoms with Crippen LogP contribution in [0.1, 0.15) is 27.7 Å². The normalized spacial score (nSPS) is 25.2. The first kappa shape index (κ1) is 27.4. The minimum absolute atomic E-state index is 0.0559. The van der Waals surface area contributed by atoms with Gasteiger partial charge in [-0.15, -0.1) is 0 Å². The van der Waals surface area contributed by atoms with Crippen LogP contribution in [-0.2, 0) is 57.1 Å². The largest absolute Gasteiger partial charge is 0.468 e. The van der Waals surface area contributed by atoms with Crippen LogP contribution in [0.2, 0.25) is 0 Å². The highest BCUT2D eigenvalue weighted by atomic mass is 79.9. The molecule has 13 heteroatoms. The predicted molar refractivity (Wildman–Crippen MR) is 107 cm³/mol. The van der Waals surface area contributed by atoms with Crippen molar-refractivity contribution in [1.29, 1.82) is 0 Å². The highest BCUT2D eigenvalue weighted by Crippen LogP contribution is 2.30. The number of rotatable bonds is 9. The highest BCUT2D eigenvalue weighted by Gasteiger charge is 2.53. The van der Waals surface area contributed by atoms with Gasteiger partial charge in [0.25, 0.3) is 0 Å². The number of hydrogen-bond donors (Lipinski definition) is 0. The van der Waals surface area contributed by atoms with E-state index in [0.29, 0.717) is 0 Å². The first-order valence-electron chi connectivity index (χ1n) is 9.29. The van der Waals surface area contributed by atoms with Crippen LogP contribution in [0.5, 0.6) is 0 Å². The minimum atomic E-state index is -1.44. The van der Waals surface area contributed by atoms with Crippen molar-refractivity contribution >= 4 is 45.8 Å². The van der Waals surface area contributed by atoms with Crippen LogP contribution in [0.25, 0.3) is 0 Å². The summed E-state index contributed by atoms with van der Waals surface area (Å²) in [7, 11) is 1.17. The lowest BCUT2D eigenvalue weighted by molar-refractivity contribution is -0.297. The molecule has 12 nitrogen and oxygen atoms in total. The van der Waals surface area contributed by atoms with Crippen LogP contribution >= 0.6 is 15.9 Å². The second-order valence-electron chi connectivity index (χ2n) is 6.47. The summed E-state index contributed by atoms with van der Waals surface area (Å²) >= 11 is 3.11. The molecule has 180 valence electrons. The molecule has 0 unspecified atom stereocenters. The molecule has 32 heavy (non-hydrogen) atoms. The molecule has 1 aliphatic heterocycles. The molecular weight excluding hydrogens is 500 g/mol. The number of carbonyl (C=O) groups excluding carboxylic acids is 5. The van der Waals surface area contributed by atoms with E-state index in [1.165, 1.54) is 7.11 Å². The number of alkyl halides is 1. The van der Waals surface area contributed by atoms with Gasteiger partial charge < -0.3 is 33.2 Å². The second-order valence-corrected chi connectivity index (χ2v) is 7.03. The van der Waals surface area contributed by atoms with E-state index in [1.54, 1.807) is 0 Å². The fraction of sp³-hybridized carbons (Fsp3) is 0.632. The Balaban J connectivity index is 3.39. The summed E-state index contributed by atoms with van der Waals surface area (Å²) in [5, 5.41) is 0.0605. The van der Waals surface area contributed by atoms with E-state index in [2.05, 4.69) is 20.7 Å². The number of halogens is 1. The van der Waals surface area contributed by atoms with Crippen LogP contribution in [0.15, 0.2) is 11.8 Å². The molecular formula is C19H25BrO12. The maximum atomic E-state index is 11.8. The standard InChI is InChI=1S/C19H25BrO12/c1-9(21)27-8-14-15(29-10(2)22)16(30-11(3)23)17(31-12(4)24)19(32-14)28-7-13(6-20)18(25)26-5/h7,14-17,19H,6,8H2,1-5H3/b13-7+/t14-,15-,16+,17-,19-/m1/s1. The summed E-state index contributed by atoms with van der Waals surface area (Å²) < 4.78 is 36.6. The third kappa shape index (κ3) is 8.46. The molecule has 0 aromatic carbocycles. The van der Waals surface area contributed by atoms with Gasteiger partial charge in [-0.05, 0) is 0 Å². The molecule has 0 aliphatic carbocycles. The molecule has 1 rings (SSSR count). The third-order valence-corrected chi connectivity index (χ3v) is 4.49. The van der Waals surface area contributed by atoms with Gasteiger partial charge in [0.1, 0.15) is 12.7 Å². The van der Waals surface area contributed by atoms with Gasteiger partial charge >= 0.3 is 29.8 Å². The predicted octanol–water partition coefficient (Wildman–Crippen LogP) is 0.538. The van der Waals surface area contributed by atoms with Gasteiger partial charge in [0.2, 0.25) is 12.4 Å². The molecule has 1 saturated heterocycles. The first-order chi connectivity index (χ1) is 15.0. The van der Waals surface area contributed by atoms with Crippen molar-refractivity contribution < 1.29 is 57.1 Å². The van der Waals surface area contributed by atoms with Crippen molar-refractivity contribution in [3.8, 4) is 0 Å². The molecule has 0 aromatic rings. The van der Waals surface area contributed by atoms with E-state index in [1.807, 2.05) is 0 Å². The fourth-order valence-corrected chi connectivity index (χ4v) is 3.07. The Labute approximate surface area is 192 Å². The molecule has 1 aliphatic rings. The molecule has 1 fully saturated rings. The van der Waals surface area contributed by atoms with Crippen molar-refractivity contribution in [3.63, 3.8) is 0 Å². The molecule has 1 heterocycles. The zero-order valence-corrected chi connectivity index (χ0v) is 19.7. The Bertz CT molecular complexity index is 749. The second kappa shape index (κ2) is 13.0. The van der Waals surface area contributed by atoms with Crippen LogP contribution in [0.3, 0.4) is 0 Å². The zero-order chi connectivity index (χ0) is 24.4. The summed E-state index contributed by atoms with van der Waals surface area (Å²) in [4.78, 5) is 58.2. The molecule has 0 spiro atoms. The van der Waals surface area contributed by atoms with E-state index in [4.69, 9.17) is 28.4 Å². The van der Waals surface area contributed by atoms with E-state index < -0.39 is 67.2 Å². The molecule has 0 amide bonds. The maximum absolute atomic E-state index is 11.8. The van der Waals surface area contributed by atoms with Crippen molar-refractivity contribution in [2.45, 2.75) is 58.4 Å². The van der Waals surface area contributed by atoms with Crippen molar-refractivity contribution in [2.75, 3.05) is 19.0 Å². The Hall–Kier alpha value is -2.67. The van der Waals surface area contributed by atoms with Gasteiger partial charge in [-0.1, -0.05) is 15.9 Å². The summed E-state index contributed by atoms with van der Waals surface area (Å²) in [5.74, 6) is -3.65. The van der Waals surface area contributed by atoms with Crippen LogP contribution in [0, 0.1) is 0 Å². The van der Waals surface area contributed by atoms with Gasteiger partial charge in [0, 0.05) is 33.0 Å². The zero-order valence-electron chi connectivity index (χ0n) is 18.2. The SMILES string of the molecule is COC(=O)/C(=C/O[C@@H]1O[C@H](COC(C)=O)[C@@H](OC(C)=O)[C@H](OC(C)=O)[C@H]1OC(C)=O)CBr. The van der Waals surface area contributed by atoms with Crippen LogP contribution in [-0.4, -0.2) is 79.6 Å². The lowest BCUT2D eigenvalue weighted by atomic mass is 9.98.